The number of hydrogen-bond donors (Lipinski definition) is 1. The summed E-state index contributed by atoms with van der Waals surface area (Å²) in [6, 6.07) is 13.3. The Morgan fingerprint density at radius 1 is 1.08 bits per heavy atom. The lowest BCUT2D eigenvalue weighted by Crippen LogP contribution is -2.38. The van der Waals surface area contributed by atoms with Crippen LogP contribution in [0, 0.1) is 13.8 Å². The Kier molecular flexibility index (Phi) is 6.69. The molecule has 5 nitrogen and oxygen atoms in total. The number of rotatable bonds is 8. The fourth-order valence-corrected chi connectivity index (χ4v) is 2.30. The van der Waals surface area contributed by atoms with E-state index in [1.165, 1.54) is 0 Å². The quantitative estimate of drug-likeness (QED) is 0.748. The molecule has 0 bridgehead atoms. The maximum atomic E-state index is 12.1. The van der Waals surface area contributed by atoms with E-state index < -0.39 is 6.10 Å². The van der Waals surface area contributed by atoms with Gasteiger partial charge in [0, 0.05) is 0 Å². The van der Waals surface area contributed by atoms with Crippen molar-refractivity contribution >= 4 is 5.91 Å². The Bertz CT molecular complexity index is 715. The Morgan fingerprint density at radius 3 is 2.52 bits per heavy atom. The van der Waals surface area contributed by atoms with Gasteiger partial charge in [-0.15, -0.1) is 0 Å². The van der Waals surface area contributed by atoms with Crippen molar-refractivity contribution in [1.29, 1.82) is 0 Å². The molecule has 0 heterocycles. The number of nitrogens with one attached hydrogen (secondary N) is 1. The summed E-state index contributed by atoms with van der Waals surface area (Å²) in [4.78, 5) is 12.1. The highest BCUT2D eigenvalue weighted by Crippen LogP contribution is 2.26. The maximum absolute atomic E-state index is 12.1. The molecule has 134 valence electrons. The molecule has 0 aromatic heterocycles. The van der Waals surface area contributed by atoms with E-state index in [9.17, 15) is 4.79 Å². The van der Waals surface area contributed by atoms with Crippen LogP contribution in [0.5, 0.6) is 17.2 Å². The minimum atomic E-state index is -0.628. The first-order valence-electron chi connectivity index (χ1n) is 8.28. The maximum Gasteiger partial charge on any atom is 0.260 e. The number of para-hydroxylation sites is 2. The predicted octanol–water partition coefficient (Wildman–Crippen LogP) is 3.27. The van der Waals surface area contributed by atoms with Crippen molar-refractivity contribution in [1.82, 2.24) is 5.32 Å². The van der Waals surface area contributed by atoms with Crippen LogP contribution in [0.25, 0.3) is 0 Å². The van der Waals surface area contributed by atoms with Crippen molar-refractivity contribution in [3.05, 3.63) is 53.6 Å². The van der Waals surface area contributed by atoms with Gasteiger partial charge in [-0.25, -0.2) is 0 Å². The highest BCUT2D eigenvalue weighted by Gasteiger charge is 2.16. The van der Waals surface area contributed by atoms with Crippen molar-refractivity contribution in [2.24, 2.45) is 0 Å². The summed E-state index contributed by atoms with van der Waals surface area (Å²) in [5.41, 5.74) is 2.22. The number of benzene rings is 2. The normalized spacial score (nSPS) is 11.5. The smallest absolute Gasteiger partial charge is 0.260 e. The van der Waals surface area contributed by atoms with E-state index in [0.717, 1.165) is 16.9 Å². The predicted molar refractivity (Wildman–Crippen MR) is 97.5 cm³/mol. The first-order chi connectivity index (χ1) is 12.0. The van der Waals surface area contributed by atoms with E-state index in [2.05, 4.69) is 5.32 Å². The molecule has 0 aliphatic carbocycles. The molecule has 1 atom stereocenters. The van der Waals surface area contributed by atoms with Gasteiger partial charge < -0.3 is 19.5 Å². The van der Waals surface area contributed by atoms with Gasteiger partial charge in [-0.2, -0.15) is 0 Å². The largest absolute Gasteiger partial charge is 0.493 e. The topological polar surface area (TPSA) is 56.8 Å². The summed E-state index contributed by atoms with van der Waals surface area (Å²) in [6.45, 7) is 6.53. The van der Waals surface area contributed by atoms with E-state index in [4.69, 9.17) is 14.2 Å². The van der Waals surface area contributed by atoms with Crippen molar-refractivity contribution in [3.8, 4) is 17.2 Å². The van der Waals surface area contributed by atoms with Gasteiger partial charge in [0.25, 0.3) is 5.91 Å². The van der Waals surface area contributed by atoms with E-state index >= 15 is 0 Å². The van der Waals surface area contributed by atoms with Crippen LogP contribution in [0.1, 0.15) is 18.1 Å². The lowest BCUT2D eigenvalue weighted by Gasteiger charge is -2.17. The summed E-state index contributed by atoms with van der Waals surface area (Å²) >= 11 is 0. The second-order valence-corrected chi connectivity index (χ2v) is 5.82. The molecule has 0 saturated heterocycles. The Hall–Kier alpha value is -2.69. The van der Waals surface area contributed by atoms with Gasteiger partial charge in [0.1, 0.15) is 12.4 Å². The molecule has 0 spiro atoms. The standard InChI is InChI=1S/C20H25NO4/c1-14-9-10-15(2)19(13-14)24-12-11-21-20(22)16(3)25-18-8-6-5-7-17(18)23-4/h5-10,13,16H,11-12H2,1-4H3,(H,21,22). The van der Waals surface area contributed by atoms with Gasteiger partial charge in [0.2, 0.25) is 0 Å². The zero-order valence-electron chi connectivity index (χ0n) is 15.2. The van der Waals surface area contributed by atoms with Gasteiger partial charge >= 0.3 is 0 Å². The van der Waals surface area contributed by atoms with Crippen molar-refractivity contribution in [2.45, 2.75) is 26.9 Å². The average molecular weight is 343 g/mol. The summed E-state index contributed by atoms with van der Waals surface area (Å²) in [6.07, 6.45) is -0.628. The molecule has 1 N–H and O–H groups in total. The molecule has 1 unspecified atom stereocenters. The summed E-state index contributed by atoms with van der Waals surface area (Å²) in [7, 11) is 1.57. The molecule has 25 heavy (non-hydrogen) atoms. The molecular formula is C20H25NO4. The van der Waals surface area contributed by atoms with Gasteiger partial charge in [-0.05, 0) is 50.1 Å². The van der Waals surface area contributed by atoms with Crippen molar-refractivity contribution in [2.75, 3.05) is 20.3 Å². The molecule has 0 radical (unpaired) electrons. The Labute approximate surface area is 148 Å². The molecule has 0 saturated carbocycles. The number of methoxy groups -OCH3 is 1. The van der Waals surface area contributed by atoms with Gasteiger partial charge in [0.15, 0.2) is 17.6 Å². The van der Waals surface area contributed by atoms with Gasteiger partial charge in [-0.1, -0.05) is 24.3 Å². The van der Waals surface area contributed by atoms with Crippen molar-refractivity contribution in [3.63, 3.8) is 0 Å². The van der Waals surface area contributed by atoms with Crippen LogP contribution in [0.3, 0.4) is 0 Å². The molecule has 1 amide bonds. The monoisotopic (exact) mass is 343 g/mol. The number of amides is 1. The number of carbonyl (C=O) groups is 1. The van der Waals surface area contributed by atoms with E-state index in [1.54, 1.807) is 26.2 Å². The Balaban J connectivity index is 1.78. The third-order valence-electron chi connectivity index (χ3n) is 3.74. The van der Waals surface area contributed by atoms with Crippen LogP contribution < -0.4 is 19.5 Å². The summed E-state index contributed by atoms with van der Waals surface area (Å²) < 4.78 is 16.6. The lowest BCUT2D eigenvalue weighted by atomic mass is 10.1. The Morgan fingerprint density at radius 2 is 1.80 bits per heavy atom. The highest BCUT2D eigenvalue weighted by atomic mass is 16.5. The minimum absolute atomic E-state index is 0.199. The average Bonchev–Trinajstić information content (AvgIpc) is 2.61. The van der Waals surface area contributed by atoms with Gasteiger partial charge in [-0.3, -0.25) is 4.79 Å². The number of aryl methyl sites for hydroxylation is 2. The minimum Gasteiger partial charge on any atom is -0.493 e. The third kappa shape index (κ3) is 5.41. The second kappa shape index (κ2) is 8.97. The van der Waals surface area contributed by atoms with Crippen LogP contribution in [0.2, 0.25) is 0 Å². The third-order valence-corrected chi connectivity index (χ3v) is 3.74. The van der Waals surface area contributed by atoms with Crippen molar-refractivity contribution < 1.29 is 19.0 Å². The van der Waals surface area contributed by atoms with Crippen LogP contribution >= 0.6 is 0 Å². The van der Waals surface area contributed by atoms with Gasteiger partial charge in [0.05, 0.1) is 13.7 Å². The van der Waals surface area contributed by atoms with Crippen LogP contribution in [-0.2, 0) is 4.79 Å². The first-order valence-corrected chi connectivity index (χ1v) is 8.28. The molecule has 2 aromatic carbocycles. The van der Waals surface area contributed by atoms with Crippen LogP contribution in [0.15, 0.2) is 42.5 Å². The molecule has 2 aromatic rings. The lowest BCUT2D eigenvalue weighted by molar-refractivity contribution is -0.127. The fourth-order valence-electron chi connectivity index (χ4n) is 2.30. The molecular weight excluding hydrogens is 318 g/mol. The molecule has 0 fully saturated rings. The number of ether oxygens (including phenoxy) is 3. The molecule has 0 aliphatic heterocycles. The number of hydrogen-bond acceptors (Lipinski definition) is 4. The highest BCUT2D eigenvalue weighted by molar-refractivity contribution is 5.80. The molecule has 0 aliphatic rings. The fraction of sp³-hybridized carbons (Fsp3) is 0.350. The van der Waals surface area contributed by atoms with E-state index in [1.807, 2.05) is 44.2 Å². The SMILES string of the molecule is COc1ccccc1OC(C)C(=O)NCCOc1cc(C)ccc1C. The van der Waals surface area contributed by atoms with E-state index in [0.29, 0.717) is 24.7 Å². The van der Waals surface area contributed by atoms with Crippen LogP contribution in [-0.4, -0.2) is 32.3 Å². The number of carbonyl (C=O) groups excluding carboxylic acids is 1. The van der Waals surface area contributed by atoms with Crippen LogP contribution in [0.4, 0.5) is 0 Å². The molecule has 2 rings (SSSR count). The summed E-state index contributed by atoms with van der Waals surface area (Å²) in [5.74, 6) is 1.78. The van der Waals surface area contributed by atoms with E-state index in [-0.39, 0.29) is 5.91 Å². The summed E-state index contributed by atoms with van der Waals surface area (Å²) in [5, 5.41) is 2.81. The zero-order chi connectivity index (χ0) is 18.2. The molecule has 5 heteroatoms. The second-order valence-electron chi connectivity index (χ2n) is 5.82. The zero-order valence-corrected chi connectivity index (χ0v) is 15.2. The first kappa shape index (κ1) is 18.6.